The third-order valence-corrected chi connectivity index (χ3v) is 3.12. The van der Waals surface area contributed by atoms with E-state index in [0.29, 0.717) is 6.42 Å². The van der Waals surface area contributed by atoms with E-state index in [1.807, 2.05) is 24.3 Å². The van der Waals surface area contributed by atoms with Crippen LogP contribution in [0.25, 0.3) is 10.8 Å². The molecule has 3 nitrogen and oxygen atoms in total. The zero-order valence-corrected chi connectivity index (χ0v) is 9.47. The van der Waals surface area contributed by atoms with E-state index in [1.165, 1.54) is 12.5 Å². The molecule has 0 saturated carbocycles. The zero-order valence-electron chi connectivity index (χ0n) is 9.47. The molecule has 1 atom stereocenters. The lowest BCUT2D eigenvalue weighted by Gasteiger charge is -2.06. The van der Waals surface area contributed by atoms with Crippen LogP contribution in [0.5, 0.6) is 5.75 Å². The van der Waals surface area contributed by atoms with Crippen molar-refractivity contribution >= 4 is 16.7 Å². The molecule has 0 N–H and O–H groups in total. The van der Waals surface area contributed by atoms with E-state index in [4.69, 9.17) is 9.47 Å². The minimum Gasteiger partial charge on any atom is -0.478 e. The Kier molecular flexibility index (Phi) is 2.25. The van der Waals surface area contributed by atoms with Crippen molar-refractivity contribution in [3.8, 4) is 5.75 Å². The second kappa shape index (κ2) is 3.77. The van der Waals surface area contributed by atoms with Crippen LogP contribution in [0.1, 0.15) is 5.56 Å². The van der Waals surface area contributed by atoms with Crippen LogP contribution < -0.4 is 4.74 Å². The molecule has 1 aliphatic rings. The van der Waals surface area contributed by atoms with Crippen molar-refractivity contribution < 1.29 is 14.3 Å². The Morgan fingerprint density at radius 3 is 2.94 bits per heavy atom. The van der Waals surface area contributed by atoms with Crippen LogP contribution in [0, 0.1) is 0 Å². The van der Waals surface area contributed by atoms with Gasteiger partial charge < -0.3 is 9.47 Å². The lowest BCUT2D eigenvalue weighted by atomic mass is 10.0. The first kappa shape index (κ1) is 10.1. The predicted octanol–water partition coefficient (Wildman–Crippen LogP) is 2.32. The van der Waals surface area contributed by atoms with E-state index in [9.17, 15) is 4.79 Å². The van der Waals surface area contributed by atoms with Crippen molar-refractivity contribution in [3.05, 3.63) is 42.0 Å². The Morgan fingerprint density at radius 1 is 1.29 bits per heavy atom. The number of rotatable bonds is 1. The molecule has 0 fully saturated rings. The molecule has 0 aliphatic carbocycles. The fraction of sp³-hybridized carbons (Fsp3) is 0.214. The Balaban J connectivity index is 2.08. The molecule has 2 aromatic carbocycles. The summed E-state index contributed by atoms with van der Waals surface area (Å²) in [5.74, 6) is 0.476. The number of methoxy groups -OCH3 is 1. The summed E-state index contributed by atoms with van der Waals surface area (Å²) in [5, 5.41) is 2.32. The van der Waals surface area contributed by atoms with E-state index in [2.05, 4.69) is 12.1 Å². The van der Waals surface area contributed by atoms with Gasteiger partial charge in [0.2, 0.25) is 0 Å². The summed E-state index contributed by atoms with van der Waals surface area (Å²) < 4.78 is 10.3. The van der Waals surface area contributed by atoms with Crippen molar-refractivity contribution in [2.24, 2.45) is 0 Å². The van der Waals surface area contributed by atoms with Crippen LogP contribution in [-0.2, 0) is 16.0 Å². The van der Waals surface area contributed by atoms with Gasteiger partial charge in [-0.25, -0.2) is 4.79 Å². The molecule has 0 unspecified atom stereocenters. The van der Waals surface area contributed by atoms with E-state index in [1.54, 1.807) is 0 Å². The fourth-order valence-corrected chi connectivity index (χ4v) is 2.28. The topological polar surface area (TPSA) is 35.5 Å². The van der Waals surface area contributed by atoms with Gasteiger partial charge in [0.1, 0.15) is 5.75 Å². The number of esters is 1. The molecule has 0 saturated heterocycles. The van der Waals surface area contributed by atoms with Crippen molar-refractivity contribution in [3.63, 3.8) is 0 Å². The third kappa shape index (κ3) is 1.55. The normalized spacial score (nSPS) is 17.6. The largest absolute Gasteiger partial charge is 0.478 e. The highest BCUT2D eigenvalue weighted by Crippen LogP contribution is 2.35. The van der Waals surface area contributed by atoms with Gasteiger partial charge in [-0.2, -0.15) is 0 Å². The number of hydrogen-bond donors (Lipinski definition) is 0. The van der Waals surface area contributed by atoms with Crippen LogP contribution >= 0.6 is 0 Å². The average molecular weight is 228 g/mol. The number of carbonyl (C=O) groups excluding carboxylic acids is 1. The van der Waals surface area contributed by atoms with Crippen molar-refractivity contribution in [1.29, 1.82) is 0 Å². The van der Waals surface area contributed by atoms with Gasteiger partial charge in [-0.15, -0.1) is 0 Å². The molecule has 0 radical (unpaired) electrons. The van der Waals surface area contributed by atoms with Gasteiger partial charge in [-0.3, -0.25) is 0 Å². The number of hydrogen-bond acceptors (Lipinski definition) is 3. The number of fused-ring (bicyclic) bond motifs is 3. The summed E-state index contributed by atoms with van der Waals surface area (Å²) in [6.45, 7) is 0. The predicted molar refractivity (Wildman–Crippen MR) is 64.1 cm³/mol. The standard InChI is InChI=1S/C14H12O3/c1-16-14(15)13-8-11-10-5-3-2-4-9(10)6-7-12(11)17-13/h2-7,13H,8H2,1H3/t13-/m0/s1. The van der Waals surface area contributed by atoms with Crippen molar-refractivity contribution in [2.75, 3.05) is 7.11 Å². The first-order valence-electron chi connectivity index (χ1n) is 5.54. The van der Waals surface area contributed by atoms with Crippen LogP contribution in [0.4, 0.5) is 0 Å². The van der Waals surface area contributed by atoms with Gasteiger partial charge in [0.05, 0.1) is 7.11 Å². The second-order valence-electron chi connectivity index (χ2n) is 4.10. The minimum atomic E-state index is -0.499. The summed E-state index contributed by atoms with van der Waals surface area (Å²) in [7, 11) is 1.38. The molecule has 0 spiro atoms. The van der Waals surface area contributed by atoms with Crippen LogP contribution in [0.2, 0.25) is 0 Å². The third-order valence-electron chi connectivity index (χ3n) is 3.12. The molecule has 3 heteroatoms. The highest BCUT2D eigenvalue weighted by Gasteiger charge is 2.30. The highest BCUT2D eigenvalue weighted by atomic mass is 16.6. The van der Waals surface area contributed by atoms with Crippen LogP contribution in [-0.4, -0.2) is 19.2 Å². The molecule has 0 amide bonds. The maximum absolute atomic E-state index is 11.5. The van der Waals surface area contributed by atoms with E-state index in [0.717, 1.165) is 16.7 Å². The summed E-state index contributed by atoms with van der Waals surface area (Å²) in [6, 6.07) is 12.0. The average Bonchev–Trinajstić information content (AvgIpc) is 2.82. The van der Waals surface area contributed by atoms with Gasteiger partial charge >= 0.3 is 5.97 Å². The molecule has 86 valence electrons. The molecule has 2 aromatic rings. The first-order chi connectivity index (χ1) is 8.29. The molecule has 0 bridgehead atoms. The maximum atomic E-state index is 11.5. The first-order valence-corrected chi connectivity index (χ1v) is 5.54. The molecular formula is C14H12O3. The summed E-state index contributed by atoms with van der Waals surface area (Å²) in [4.78, 5) is 11.5. The van der Waals surface area contributed by atoms with E-state index < -0.39 is 6.10 Å². The Hall–Kier alpha value is -2.03. The Bertz CT molecular complexity index is 589. The lowest BCUT2D eigenvalue weighted by Crippen LogP contribution is -2.26. The smallest absolute Gasteiger partial charge is 0.347 e. The number of ether oxygens (including phenoxy) is 2. The Labute approximate surface area is 99.0 Å². The number of carbonyl (C=O) groups is 1. The molecule has 17 heavy (non-hydrogen) atoms. The van der Waals surface area contributed by atoms with Crippen molar-refractivity contribution in [1.82, 2.24) is 0 Å². The molecule has 3 rings (SSSR count). The van der Waals surface area contributed by atoms with Gasteiger partial charge in [0.15, 0.2) is 6.10 Å². The van der Waals surface area contributed by atoms with Gasteiger partial charge in [0.25, 0.3) is 0 Å². The van der Waals surface area contributed by atoms with E-state index >= 15 is 0 Å². The molecule has 1 heterocycles. The van der Waals surface area contributed by atoms with Gasteiger partial charge in [-0.1, -0.05) is 30.3 Å². The molecule has 1 aliphatic heterocycles. The maximum Gasteiger partial charge on any atom is 0.347 e. The zero-order chi connectivity index (χ0) is 11.8. The SMILES string of the molecule is COC(=O)[C@@H]1Cc2c(ccc3ccccc23)O1. The van der Waals surface area contributed by atoms with Crippen LogP contribution in [0.15, 0.2) is 36.4 Å². The van der Waals surface area contributed by atoms with Gasteiger partial charge in [-0.05, 0) is 16.8 Å². The quantitative estimate of drug-likeness (QED) is 0.703. The number of benzene rings is 2. The van der Waals surface area contributed by atoms with Crippen molar-refractivity contribution in [2.45, 2.75) is 12.5 Å². The van der Waals surface area contributed by atoms with Gasteiger partial charge in [0, 0.05) is 12.0 Å². The minimum absolute atomic E-state index is 0.315. The van der Waals surface area contributed by atoms with Crippen LogP contribution in [0.3, 0.4) is 0 Å². The molecular weight excluding hydrogens is 216 g/mol. The second-order valence-corrected chi connectivity index (χ2v) is 4.10. The summed E-state index contributed by atoms with van der Waals surface area (Å²) in [5.41, 5.74) is 1.10. The summed E-state index contributed by atoms with van der Waals surface area (Å²) >= 11 is 0. The van der Waals surface area contributed by atoms with E-state index in [-0.39, 0.29) is 5.97 Å². The Morgan fingerprint density at radius 2 is 2.12 bits per heavy atom. The fourth-order valence-electron chi connectivity index (χ4n) is 2.28. The highest BCUT2D eigenvalue weighted by molar-refractivity contribution is 5.89. The summed E-state index contributed by atoms with van der Waals surface area (Å²) in [6.07, 6.45) is 0.0874. The molecule has 0 aromatic heterocycles. The lowest BCUT2D eigenvalue weighted by molar-refractivity contribution is -0.147. The monoisotopic (exact) mass is 228 g/mol.